The molecule has 0 amide bonds. The van der Waals surface area contributed by atoms with Crippen LogP contribution in [0, 0.1) is 13.8 Å². The topological polar surface area (TPSA) is 52.0 Å². The highest BCUT2D eigenvalue weighted by atomic mass is 16.4. The number of hydrogen-bond acceptors (Lipinski definition) is 3. The number of aromatic nitrogens is 1. The van der Waals surface area contributed by atoms with Crippen LogP contribution in [0.3, 0.4) is 0 Å². The predicted molar refractivity (Wildman–Crippen MR) is 68.9 cm³/mol. The SMILES string of the molecule is Cc1nc(CCCc2ccc(N)cc2)oc1C. The Hall–Kier alpha value is -1.77. The minimum atomic E-state index is 0.813. The van der Waals surface area contributed by atoms with E-state index in [0.29, 0.717) is 0 Å². The van der Waals surface area contributed by atoms with Crippen molar-refractivity contribution in [3.63, 3.8) is 0 Å². The Labute approximate surface area is 102 Å². The van der Waals surface area contributed by atoms with Gasteiger partial charge in [-0.1, -0.05) is 12.1 Å². The third-order valence-electron chi connectivity index (χ3n) is 2.91. The molecule has 0 saturated heterocycles. The van der Waals surface area contributed by atoms with Crippen LogP contribution in [0.2, 0.25) is 0 Å². The van der Waals surface area contributed by atoms with Gasteiger partial charge >= 0.3 is 0 Å². The fourth-order valence-corrected chi connectivity index (χ4v) is 1.77. The van der Waals surface area contributed by atoms with Gasteiger partial charge in [-0.25, -0.2) is 4.98 Å². The van der Waals surface area contributed by atoms with Crippen LogP contribution < -0.4 is 5.73 Å². The highest BCUT2D eigenvalue weighted by molar-refractivity contribution is 5.39. The predicted octanol–water partition coefficient (Wildman–Crippen LogP) is 3.05. The first kappa shape index (κ1) is 11.7. The first-order valence-corrected chi connectivity index (χ1v) is 5.92. The fraction of sp³-hybridized carbons (Fsp3) is 0.357. The zero-order chi connectivity index (χ0) is 12.3. The molecule has 0 aliphatic carbocycles. The summed E-state index contributed by atoms with van der Waals surface area (Å²) in [5, 5.41) is 0. The van der Waals surface area contributed by atoms with E-state index in [9.17, 15) is 0 Å². The number of rotatable bonds is 4. The van der Waals surface area contributed by atoms with Crippen molar-refractivity contribution in [2.45, 2.75) is 33.1 Å². The third-order valence-corrected chi connectivity index (χ3v) is 2.91. The van der Waals surface area contributed by atoms with Gasteiger partial charge in [0.25, 0.3) is 0 Å². The summed E-state index contributed by atoms with van der Waals surface area (Å²) < 4.78 is 5.54. The highest BCUT2D eigenvalue weighted by Gasteiger charge is 2.04. The van der Waals surface area contributed by atoms with E-state index >= 15 is 0 Å². The summed E-state index contributed by atoms with van der Waals surface area (Å²) in [6, 6.07) is 8.02. The quantitative estimate of drug-likeness (QED) is 0.821. The highest BCUT2D eigenvalue weighted by Crippen LogP contribution is 2.12. The molecule has 17 heavy (non-hydrogen) atoms. The van der Waals surface area contributed by atoms with E-state index in [1.807, 2.05) is 26.0 Å². The molecule has 0 bridgehead atoms. The van der Waals surface area contributed by atoms with Gasteiger partial charge in [0.15, 0.2) is 5.89 Å². The lowest BCUT2D eigenvalue weighted by Gasteiger charge is -2.00. The average molecular weight is 230 g/mol. The van der Waals surface area contributed by atoms with Crippen molar-refractivity contribution in [3.05, 3.63) is 47.2 Å². The maximum atomic E-state index is 5.64. The van der Waals surface area contributed by atoms with E-state index in [1.165, 1.54) is 5.56 Å². The number of hydrogen-bond donors (Lipinski definition) is 1. The maximum absolute atomic E-state index is 5.64. The molecule has 1 aromatic heterocycles. The lowest BCUT2D eigenvalue weighted by molar-refractivity contribution is 0.464. The lowest BCUT2D eigenvalue weighted by atomic mass is 10.1. The second-order valence-corrected chi connectivity index (χ2v) is 4.34. The number of benzene rings is 1. The van der Waals surface area contributed by atoms with Crippen molar-refractivity contribution in [1.82, 2.24) is 4.98 Å². The molecule has 0 aliphatic heterocycles. The monoisotopic (exact) mass is 230 g/mol. The Bertz CT molecular complexity index is 466. The van der Waals surface area contributed by atoms with Crippen LogP contribution in [0.4, 0.5) is 5.69 Å². The summed E-state index contributed by atoms with van der Waals surface area (Å²) in [5.74, 6) is 1.77. The minimum absolute atomic E-state index is 0.813. The number of oxazole rings is 1. The number of nitrogens with two attached hydrogens (primary N) is 1. The van der Waals surface area contributed by atoms with Gasteiger partial charge in [-0.05, 0) is 44.4 Å². The van der Waals surface area contributed by atoms with E-state index in [1.54, 1.807) is 0 Å². The molecular formula is C14H18N2O. The molecule has 90 valence electrons. The Morgan fingerprint density at radius 2 is 1.82 bits per heavy atom. The standard InChI is InChI=1S/C14H18N2O/c1-10-11(2)17-14(16-10)5-3-4-12-6-8-13(15)9-7-12/h6-9H,3-5,15H2,1-2H3. The van der Waals surface area contributed by atoms with E-state index < -0.39 is 0 Å². The van der Waals surface area contributed by atoms with Crippen LogP contribution in [-0.4, -0.2) is 4.98 Å². The van der Waals surface area contributed by atoms with Crippen LogP contribution in [0.5, 0.6) is 0 Å². The van der Waals surface area contributed by atoms with Crippen molar-refractivity contribution >= 4 is 5.69 Å². The Kier molecular flexibility index (Phi) is 3.47. The molecule has 0 saturated carbocycles. The molecule has 0 unspecified atom stereocenters. The summed E-state index contributed by atoms with van der Waals surface area (Å²) >= 11 is 0. The summed E-state index contributed by atoms with van der Waals surface area (Å²) in [6.07, 6.45) is 2.96. The number of nitrogens with zero attached hydrogens (tertiary/aromatic N) is 1. The summed E-state index contributed by atoms with van der Waals surface area (Å²) in [4.78, 5) is 4.37. The van der Waals surface area contributed by atoms with E-state index in [4.69, 9.17) is 10.2 Å². The summed E-state index contributed by atoms with van der Waals surface area (Å²) in [5.41, 5.74) is 8.75. The molecule has 3 nitrogen and oxygen atoms in total. The zero-order valence-corrected chi connectivity index (χ0v) is 10.4. The Morgan fingerprint density at radius 1 is 1.12 bits per heavy atom. The van der Waals surface area contributed by atoms with Gasteiger partial charge in [-0.2, -0.15) is 0 Å². The van der Waals surface area contributed by atoms with E-state index in [2.05, 4.69) is 17.1 Å². The van der Waals surface area contributed by atoms with Crippen LogP contribution >= 0.6 is 0 Å². The minimum Gasteiger partial charge on any atom is -0.446 e. The van der Waals surface area contributed by atoms with Crippen LogP contribution in [-0.2, 0) is 12.8 Å². The molecule has 3 heteroatoms. The van der Waals surface area contributed by atoms with Crippen molar-refractivity contribution in [2.24, 2.45) is 0 Å². The van der Waals surface area contributed by atoms with Gasteiger partial charge in [0, 0.05) is 12.1 Å². The maximum Gasteiger partial charge on any atom is 0.194 e. The van der Waals surface area contributed by atoms with Gasteiger partial charge in [-0.3, -0.25) is 0 Å². The van der Waals surface area contributed by atoms with Crippen LogP contribution in [0.15, 0.2) is 28.7 Å². The third kappa shape index (κ3) is 3.09. The van der Waals surface area contributed by atoms with Gasteiger partial charge in [0.05, 0.1) is 5.69 Å². The normalized spacial score (nSPS) is 10.7. The molecule has 0 spiro atoms. The van der Waals surface area contributed by atoms with Crippen LogP contribution in [0.25, 0.3) is 0 Å². The second-order valence-electron chi connectivity index (χ2n) is 4.34. The lowest BCUT2D eigenvalue weighted by Crippen LogP contribution is -1.91. The van der Waals surface area contributed by atoms with Gasteiger partial charge in [0.2, 0.25) is 0 Å². The van der Waals surface area contributed by atoms with Crippen molar-refractivity contribution < 1.29 is 4.42 Å². The first-order valence-electron chi connectivity index (χ1n) is 5.92. The molecular weight excluding hydrogens is 212 g/mol. The molecule has 2 rings (SSSR count). The Balaban J connectivity index is 1.85. The molecule has 2 aromatic rings. The van der Waals surface area contributed by atoms with Gasteiger partial charge in [0.1, 0.15) is 5.76 Å². The number of nitrogen functional groups attached to an aromatic ring is 1. The first-order chi connectivity index (χ1) is 8.15. The zero-order valence-electron chi connectivity index (χ0n) is 10.4. The van der Waals surface area contributed by atoms with Gasteiger partial charge in [-0.15, -0.1) is 0 Å². The molecule has 1 heterocycles. The average Bonchev–Trinajstić information content (AvgIpc) is 2.61. The Morgan fingerprint density at radius 3 is 2.41 bits per heavy atom. The van der Waals surface area contributed by atoms with E-state index in [-0.39, 0.29) is 0 Å². The van der Waals surface area contributed by atoms with Crippen molar-refractivity contribution in [3.8, 4) is 0 Å². The van der Waals surface area contributed by atoms with E-state index in [0.717, 1.165) is 42.3 Å². The molecule has 0 atom stereocenters. The molecule has 0 aliphatic rings. The van der Waals surface area contributed by atoms with Crippen LogP contribution in [0.1, 0.15) is 29.3 Å². The summed E-state index contributed by atoms with van der Waals surface area (Å²) in [7, 11) is 0. The molecule has 0 radical (unpaired) electrons. The fourth-order valence-electron chi connectivity index (χ4n) is 1.77. The van der Waals surface area contributed by atoms with Crippen molar-refractivity contribution in [2.75, 3.05) is 5.73 Å². The number of anilines is 1. The van der Waals surface area contributed by atoms with Gasteiger partial charge < -0.3 is 10.2 Å². The largest absolute Gasteiger partial charge is 0.446 e. The molecule has 2 N–H and O–H groups in total. The number of aryl methyl sites for hydroxylation is 4. The second kappa shape index (κ2) is 5.04. The van der Waals surface area contributed by atoms with Crippen molar-refractivity contribution in [1.29, 1.82) is 0 Å². The molecule has 1 aromatic carbocycles. The summed E-state index contributed by atoms with van der Waals surface area (Å²) in [6.45, 7) is 3.92. The molecule has 0 fully saturated rings. The smallest absolute Gasteiger partial charge is 0.194 e.